The van der Waals surface area contributed by atoms with E-state index < -0.39 is 0 Å². The van der Waals surface area contributed by atoms with Gasteiger partial charge in [0, 0.05) is 0 Å². The molecule has 0 amide bonds. The van der Waals surface area contributed by atoms with Gasteiger partial charge in [0.2, 0.25) is 0 Å². The SMILES string of the molecule is C/C(=C\C=N\O)c1ccccc1. The minimum Gasteiger partial charge on any atom is -0.411 e. The Labute approximate surface area is 71.8 Å². The fourth-order valence-electron chi connectivity index (χ4n) is 0.942. The molecule has 0 aromatic heterocycles. The number of nitrogens with zero attached hydrogens (tertiary/aromatic N) is 1. The molecule has 0 saturated carbocycles. The highest BCUT2D eigenvalue weighted by atomic mass is 16.4. The van der Waals surface area contributed by atoms with E-state index in [4.69, 9.17) is 5.21 Å². The summed E-state index contributed by atoms with van der Waals surface area (Å²) >= 11 is 0. The summed E-state index contributed by atoms with van der Waals surface area (Å²) in [5.74, 6) is 0. The molecule has 0 heterocycles. The van der Waals surface area contributed by atoms with E-state index in [2.05, 4.69) is 5.16 Å². The Morgan fingerprint density at radius 1 is 1.33 bits per heavy atom. The fourth-order valence-corrected chi connectivity index (χ4v) is 0.942. The van der Waals surface area contributed by atoms with Crippen molar-refractivity contribution in [2.75, 3.05) is 0 Å². The summed E-state index contributed by atoms with van der Waals surface area (Å²) in [4.78, 5) is 0. The van der Waals surface area contributed by atoms with Crippen molar-refractivity contribution in [3.8, 4) is 0 Å². The summed E-state index contributed by atoms with van der Waals surface area (Å²) in [6, 6.07) is 9.94. The number of oxime groups is 1. The molecule has 0 aliphatic rings. The van der Waals surface area contributed by atoms with Crippen LogP contribution in [0.5, 0.6) is 0 Å². The fraction of sp³-hybridized carbons (Fsp3) is 0.100. The Hall–Kier alpha value is -1.57. The number of allylic oxidation sites excluding steroid dienone is 2. The van der Waals surface area contributed by atoms with Gasteiger partial charge >= 0.3 is 0 Å². The van der Waals surface area contributed by atoms with Gasteiger partial charge in [0.25, 0.3) is 0 Å². The standard InChI is InChI=1S/C10H11NO/c1-9(7-8-11-12)10-5-3-2-4-6-10/h2-8,12H,1H3/b9-7+,11-8+. The molecule has 0 fully saturated rings. The molecular weight excluding hydrogens is 150 g/mol. The Morgan fingerprint density at radius 2 is 2.00 bits per heavy atom. The lowest BCUT2D eigenvalue weighted by atomic mass is 10.1. The van der Waals surface area contributed by atoms with Crippen molar-refractivity contribution < 1.29 is 5.21 Å². The summed E-state index contributed by atoms with van der Waals surface area (Å²) in [6.45, 7) is 1.97. The zero-order valence-corrected chi connectivity index (χ0v) is 6.94. The maximum Gasteiger partial charge on any atom is 0.0664 e. The van der Waals surface area contributed by atoms with Crippen LogP contribution < -0.4 is 0 Å². The first kappa shape index (κ1) is 8.53. The molecule has 0 saturated heterocycles. The molecule has 2 nitrogen and oxygen atoms in total. The van der Waals surface area contributed by atoms with Crippen LogP contribution in [0.2, 0.25) is 0 Å². The Balaban J connectivity index is 2.85. The van der Waals surface area contributed by atoms with Crippen LogP contribution in [0, 0.1) is 0 Å². The number of hydrogen-bond acceptors (Lipinski definition) is 2. The Bertz CT molecular complexity index is 288. The third kappa shape index (κ3) is 2.23. The average Bonchev–Trinajstić information content (AvgIpc) is 2.15. The van der Waals surface area contributed by atoms with E-state index in [1.54, 1.807) is 6.08 Å². The minimum atomic E-state index is 1.08. The van der Waals surface area contributed by atoms with E-state index in [0.29, 0.717) is 0 Å². The van der Waals surface area contributed by atoms with Gasteiger partial charge in [-0.05, 0) is 24.1 Å². The first-order valence-corrected chi connectivity index (χ1v) is 3.74. The second kappa shape index (κ2) is 4.34. The highest BCUT2D eigenvalue weighted by molar-refractivity contribution is 5.83. The molecule has 0 aliphatic heterocycles. The highest BCUT2D eigenvalue weighted by Crippen LogP contribution is 2.11. The van der Waals surface area contributed by atoms with Crippen molar-refractivity contribution in [2.24, 2.45) is 5.16 Å². The van der Waals surface area contributed by atoms with E-state index in [1.807, 2.05) is 37.3 Å². The monoisotopic (exact) mass is 161 g/mol. The van der Waals surface area contributed by atoms with Crippen LogP contribution >= 0.6 is 0 Å². The van der Waals surface area contributed by atoms with Crippen molar-refractivity contribution in [3.63, 3.8) is 0 Å². The normalized spacial score (nSPS) is 12.2. The van der Waals surface area contributed by atoms with E-state index in [0.717, 1.165) is 11.1 Å². The molecule has 1 N–H and O–H groups in total. The highest BCUT2D eigenvalue weighted by Gasteiger charge is 1.90. The lowest BCUT2D eigenvalue weighted by Crippen LogP contribution is -1.78. The first-order valence-electron chi connectivity index (χ1n) is 3.74. The summed E-state index contributed by atoms with van der Waals surface area (Å²) in [5.41, 5.74) is 2.21. The molecule has 0 spiro atoms. The van der Waals surface area contributed by atoms with E-state index >= 15 is 0 Å². The van der Waals surface area contributed by atoms with Crippen LogP contribution in [0.15, 0.2) is 41.6 Å². The van der Waals surface area contributed by atoms with Crippen LogP contribution in [0.1, 0.15) is 12.5 Å². The van der Waals surface area contributed by atoms with Gasteiger partial charge in [-0.1, -0.05) is 35.5 Å². The molecule has 12 heavy (non-hydrogen) atoms. The van der Waals surface area contributed by atoms with Crippen molar-refractivity contribution >= 4 is 11.8 Å². The summed E-state index contributed by atoms with van der Waals surface area (Å²) in [5, 5.41) is 11.1. The second-order valence-electron chi connectivity index (χ2n) is 2.48. The van der Waals surface area contributed by atoms with Crippen LogP contribution in [0.25, 0.3) is 5.57 Å². The molecule has 2 heteroatoms. The lowest BCUT2D eigenvalue weighted by molar-refractivity contribution is 0.322. The average molecular weight is 161 g/mol. The minimum absolute atomic E-state index is 1.08. The molecule has 0 bridgehead atoms. The van der Waals surface area contributed by atoms with E-state index in [-0.39, 0.29) is 0 Å². The number of hydrogen-bond donors (Lipinski definition) is 1. The molecule has 1 rings (SSSR count). The van der Waals surface area contributed by atoms with Crippen LogP contribution in [0.4, 0.5) is 0 Å². The maximum absolute atomic E-state index is 8.19. The van der Waals surface area contributed by atoms with Gasteiger partial charge < -0.3 is 5.21 Å². The smallest absolute Gasteiger partial charge is 0.0664 e. The van der Waals surface area contributed by atoms with Crippen LogP contribution in [0.3, 0.4) is 0 Å². The van der Waals surface area contributed by atoms with Crippen LogP contribution in [-0.4, -0.2) is 11.4 Å². The van der Waals surface area contributed by atoms with Gasteiger partial charge in [0.15, 0.2) is 0 Å². The third-order valence-electron chi connectivity index (χ3n) is 1.62. The lowest BCUT2D eigenvalue weighted by Gasteiger charge is -1.97. The molecule has 0 unspecified atom stereocenters. The van der Waals surface area contributed by atoms with Gasteiger partial charge in [0.05, 0.1) is 6.21 Å². The Kier molecular flexibility index (Phi) is 3.08. The van der Waals surface area contributed by atoms with E-state index in [9.17, 15) is 0 Å². The largest absolute Gasteiger partial charge is 0.411 e. The van der Waals surface area contributed by atoms with Gasteiger partial charge in [-0.25, -0.2) is 0 Å². The molecule has 1 aromatic rings. The van der Waals surface area contributed by atoms with Gasteiger partial charge in [0.1, 0.15) is 0 Å². The van der Waals surface area contributed by atoms with Crippen molar-refractivity contribution in [1.29, 1.82) is 0 Å². The second-order valence-corrected chi connectivity index (χ2v) is 2.48. The molecule has 0 radical (unpaired) electrons. The van der Waals surface area contributed by atoms with Crippen molar-refractivity contribution in [1.82, 2.24) is 0 Å². The topological polar surface area (TPSA) is 32.6 Å². The number of benzene rings is 1. The number of rotatable bonds is 2. The predicted molar refractivity (Wildman–Crippen MR) is 50.4 cm³/mol. The molecule has 1 aromatic carbocycles. The summed E-state index contributed by atoms with van der Waals surface area (Å²) in [7, 11) is 0. The van der Waals surface area contributed by atoms with Crippen molar-refractivity contribution in [3.05, 3.63) is 42.0 Å². The molecule has 0 atom stereocenters. The zero-order valence-electron chi connectivity index (χ0n) is 6.94. The van der Waals surface area contributed by atoms with Gasteiger partial charge in [-0.2, -0.15) is 0 Å². The Morgan fingerprint density at radius 3 is 2.58 bits per heavy atom. The van der Waals surface area contributed by atoms with Gasteiger partial charge in [-0.15, -0.1) is 0 Å². The zero-order chi connectivity index (χ0) is 8.81. The van der Waals surface area contributed by atoms with Crippen molar-refractivity contribution in [2.45, 2.75) is 6.92 Å². The summed E-state index contributed by atoms with van der Waals surface area (Å²) < 4.78 is 0. The molecular formula is C10H11NO. The van der Waals surface area contributed by atoms with Gasteiger partial charge in [-0.3, -0.25) is 0 Å². The third-order valence-corrected chi connectivity index (χ3v) is 1.62. The predicted octanol–water partition coefficient (Wildman–Crippen LogP) is 2.55. The first-order chi connectivity index (χ1) is 5.84. The molecule has 0 aliphatic carbocycles. The quantitative estimate of drug-likeness (QED) is 0.403. The molecule has 62 valence electrons. The maximum atomic E-state index is 8.19. The van der Waals surface area contributed by atoms with Crippen LogP contribution in [-0.2, 0) is 0 Å². The van der Waals surface area contributed by atoms with E-state index in [1.165, 1.54) is 6.21 Å². The summed E-state index contributed by atoms with van der Waals surface area (Å²) in [6.07, 6.45) is 3.12.